The SMILES string of the molecule is O=C(O)CC(c1cc(Br)cc(OCC2CC2)c1)C1CC1. The van der Waals surface area contributed by atoms with Crippen molar-refractivity contribution in [1.29, 1.82) is 0 Å². The number of rotatable bonds is 7. The molecule has 0 spiro atoms. The van der Waals surface area contributed by atoms with Crippen molar-refractivity contribution in [2.24, 2.45) is 11.8 Å². The van der Waals surface area contributed by atoms with Crippen molar-refractivity contribution in [1.82, 2.24) is 0 Å². The van der Waals surface area contributed by atoms with Crippen LogP contribution in [0.25, 0.3) is 0 Å². The van der Waals surface area contributed by atoms with Gasteiger partial charge < -0.3 is 9.84 Å². The van der Waals surface area contributed by atoms with E-state index < -0.39 is 5.97 Å². The molecule has 3 rings (SSSR count). The second-order valence-corrected chi connectivity index (χ2v) is 6.93. The zero-order valence-corrected chi connectivity index (χ0v) is 12.9. The summed E-state index contributed by atoms with van der Waals surface area (Å²) in [4.78, 5) is 11.1. The van der Waals surface area contributed by atoms with Gasteiger partial charge in [-0.15, -0.1) is 0 Å². The Labute approximate surface area is 127 Å². The smallest absolute Gasteiger partial charge is 0.303 e. The molecule has 1 aromatic carbocycles. The highest BCUT2D eigenvalue weighted by Crippen LogP contribution is 2.45. The molecule has 0 heterocycles. The Morgan fingerprint density at radius 2 is 2.05 bits per heavy atom. The van der Waals surface area contributed by atoms with E-state index in [9.17, 15) is 4.79 Å². The average molecular weight is 339 g/mol. The first-order chi connectivity index (χ1) is 9.61. The number of halogens is 1. The quantitative estimate of drug-likeness (QED) is 0.810. The van der Waals surface area contributed by atoms with Crippen LogP contribution in [0.4, 0.5) is 0 Å². The Hall–Kier alpha value is -1.03. The van der Waals surface area contributed by atoms with Gasteiger partial charge in [0.05, 0.1) is 13.0 Å². The largest absolute Gasteiger partial charge is 0.493 e. The van der Waals surface area contributed by atoms with Crippen molar-refractivity contribution in [2.75, 3.05) is 6.61 Å². The summed E-state index contributed by atoms with van der Waals surface area (Å²) in [5.41, 5.74) is 1.09. The molecule has 1 N–H and O–H groups in total. The van der Waals surface area contributed by atoms with Gasteiger partial charge >= 0.3 is 5.97 Å². The topological polar surface area (TPSA) is 46.5 Å². The summed E-state index contributed by atoms with van der Waals surface area (Å²) < 4.78 is 6.80. The van der Waals surface area contributed by atoms with Crippen LogP contribution < -0.4 is 4.74 Å². The van der Waals surface area contributed by atoms with Gasteiger partial charge in [-0.05, 0) is 67.2 Å². The molecular weight excluding hydrogens is 320 g/mol. The molecule has 0 aromatic heterocycles. The zero-order valence-electron chi connectivity index (χ0n) is 11.3. The summed E-state index contributed by atoms with van der Waals surface area (Å²) in [7, 11) is 0. The number of benzene rings is 1. The third-order valence-corrected chi connectivity index (χ3v) is 4.55. The molecule has 4 heteroatoms. The Morgan fingerprint density at radius 1 is 1.30 bits per heavy atom. The van der Waals surface area contributed by atoms with Crippen LogP contribution in [0.5, 0.6) is 5.75 Å². The molecule has 0 aliphatic heterocycles. The lowest BCUT2D eigenvalue weighted by atomic mass is 9.91. The maximum Gasteiger partial charge on any atom is 0.303 e. The Morgan fingerprint density at radius 3 is 2.65 bits per heavy atom. The first-order valence-corrected chi connectivity index (χ1v) is 8.06. The molecule has 2 saturated carbocycles. The van der Waals surface area contributed by atoms with Crippen LogP contribution in [0.2, 0.25) is 0 Å². The normalized spacial score (nSPS) is 19.6. The summed E-state index contributed by atoms with van der Waals surface area (Å²) in [6, 6.07) is 6.03. The molecule has 0 saturated heterocycles. The predicted octanol–water partition coefficient (Wildman–Crippen LogP) is 4.21. The lowest BCUT2D eigenvalue weighted by molar-refractivity contribution is -0.137. The maximum atomic E-state index is 11.1. The molecule has 0 bridgehead atoms. The maximum absolute atomic E-state index is 11.1. The fourth-order valence-electron chi connectivity index (χ4n) is 2.62. The Kier molecular flexibility index (Phi) is 4.01. The molecule has 0 amide bonds. The van der Waals surface area contributed by atoms with E-state index in [-0.39, 0.29) is 12.3 Å². The van der Waals surface area contributed by atoms with Crippen molar-refractivity contribution < 1.29 is 14.6 Å². The number of carboxylic acid groups (broad SMARTS) is 1. The lowest BCUT2D eigenvalue weighted by Gasteiger charge is -2.16. The Bertz CT molecular complexity index is 506. The van der Waals surface area contributed by atoms with E-state index >= 15 is 0 Å². The minimum Gasteiger partial charge on any atom is -0.493 e. The third-order valence-electron chi connectivity index (χ3n) is 4.09. The molecule has 2 fully saturated rings. The number of carbonyl (C=O) groups is 1. The van der Waals surface area contributed by atoms with E-state index in [4.69, 9.17) is 9.84 Å². The van der Waals surface area contributed by atoms with Gasteiger partial charge in [0.1, 0.15) is 5.75 Å². The van der Waals surface area contributed by atoms with Crippen molar-refractivity contribution in [3.63, 3.8) is 0 Å². The summed E-state index contributed by atoms with van der Waals surface area (Å²) in [5.74, 6) is 1.50. The molecule has 2 aliphatic rings. The summed E-state index contributed by atoms with van der Waals surface area (Å²) in [6.45, 7) is 0.781. The first kappa shape index (κ1) is 13.9. The van der Waals surface area contributed by atoms with Crippen LogP contribution in [0.1, 0.15) is 43.6 Å². The fourth-order valence-corrected chi connectivity index (χ4v) is 3.11. The molecule has 1 atom stereocenters. The summed E-state index contributed by atoms with van der Waals surface area (Å²) in [5, 5.41) is 9.10. The minimum absolute atomic E-state index is 0.119. The van der Waals surface area contributed by atoms with Crippen molar-refractivity contribution in [2.45, 2.75) is 38.0 Å². The number of hydrogen-bond donors (Lipinski definition) is 1. The van der Waals surface area contributed by atoms with Crippen molar-refractivity contribution in [3.05, 3.63) is 28.2 Å². The van der Waals surface area contributed by atoms with E-state index in [1.54, 1.807) is 0 Å². The average Bonchev–Trinajstić information content (AvgIpc) is 3.26. The lowest BCUT2D eigenvalue weighted by Crippen LogP contribution is -2.09. The molecule has 1 aromatic rings. The zero-order chi connectivity index (χ0) is 14.1. The second kappa shape index (κ2) is 5.76. The predicted molar refractivity (Wildman–Crippen MR) is 80.1 cm³/mol. The second-order valence-electron chi connectivity index (χ2n) is 6.02. The molecule has 0 radical (unpaired) electrons. The van der Waals surface area contributed by atoms with Crippen molar-refractivity contribution >= 4 is 21.9 Å². The summed E-state index contributed by atoms with van der Waals surface area (Å²) in [6.07, 6.45) is 5.03. The van der Waals surface area contributed by atoms with Gasteiger partial charge in [-0.25, -0.2) is 0 Å². The van der Waals surface area contributed by atoms with Gasteiger partial charge in [-0.2, -0.15) is 0 Å². The van der Waals surface area contributed by atoms with Gasteiger partial charge in [0, 0.05) is 4.47 Å². The monoisotopic (exact) mass is 338 g/mol. The number of aliphatic carboxylic acids is 1. The van der Waals surface area contributed by atoms with Gasteiger partial charge in [0.2, 0.25) is 0 Å². The van der Waals surface area contributed by atoms with Gasteiger partial charge in [-0.1, -0.05) is 15.9 Å². The first-order valence-electron chi connectivity index (χ1n) is 7.27. The summed E-state index contributed by atoms with van der Waals surface area (Å²) >= 11 is 3.51. The van der Waals surface area contributed by atoms with E-state index in [1.807, 2.05) is 18.2 Å². The molecule has 108 valence electrons. The standard InChI is InChI=1S/C16H19BrO3/c17-13-5-12(15(8-16(18)19)11-3-4-11)6-14(7-13)20-9-10-1-2-10/h5-7,10-11,15H,1-4,8-9H2,(H,18,19). The fraction of sp³-hybridized carbons (Fsp3) is 0.562. The molecule has 3 nitrogen and oxygen atoms in total. The van der Waals surface area contributed by atoms with Crippen molar-refractivity contribution in [3.8, 4) is 5.75 Å². The van der Waals surface area contributed by atoms with Crippen LogP contribution in [-0.2, 0) is 4.79 Å². The van der Waals surface area contributed by atoms with E-state index in [0.29, 0.717) is 5.92 Å². The van der Waals surface area contributed by atoms with E-state index in [0.717, 1.165) is 41.2 Å². The molecular formula is C16H19BrO3. The highest BCUT2D eigenvalue weighted by molar-refractivity contribution is 9.10. The molecule has 1 unspecified atom stereocenters. The van der Waals surface area contributed by atoms with Gasteiger partial charge in [-0.3, -0.25) is 4.79 Å². The van der Waals surface area contributed by atoms with Gasteiger partial charge in [0.15, 0.2) is 0 Å². The number of ether oxygens (including phenoxy) is 1. The highest BCUT2D eigenvalue weighted by atomic mass is 79.9. The number of hydrogen-bond acceptors (Lipinski definition) is 2. The van der Waals surface area contributed by atoms with Crippen LogP contribution in [0.15, 0.2) is 22.7 Å². The van der Waals surface area contributed by atoms with Crippen LogP contribution in [0.3, 0.4) is 0 Å². The third kappa shape index (κ3) is 3.75. The molecule has 20 heavy (non-hydrogen) atoms. The van der Waals surface area contributed by atoms with Crippen LogP contribution >= 0.6 is 15.9 Å². The van der Waals surface area contributed by atoms with E-state index in [2.05, 4.69) is 15.9 Å². The highest BCUT2D eigenvalue weighted by Gasteiger charge is 2.34. The van der Waals surface area contributed by atoms with Gasteiger partial charge in [0.25, 0.3) is 0 Å². The number of carboxylic acids is 1. The van der Waals surface area contributed by atoms with Crippen LogP contribution in [0, 0.1) is 11.8 Å². The molecule has 2 aliphatic carbocycles. The van der Waals surface area contributed by atoms with E-state index in [1.165, 1.54) is 12.8 Å². The Balaban J connectivity index is 1.76. The van der Waals surface area contributed by atoms with Crippen LogP contribution in [-0.4, -0.2) is 17.7 Å². The minimum atomic E-state index is -0.720.